The molecule has 0 fully saturated rings. The largest absolute Gasteiger partial charge is 0.480 e. The molecule has 0 spiro atoms. The third-order valence-electron chi connectivity index (χ3n) is 1.84. The molecule has 5 nitrogen and oxygen atoms in total. The van der Waals surface area contributed by atoms with Crippen molar-refractivity contribution in [2.45, 2.75) is 11.0 Å². The van der Waals surface area contributed by atoms with Crippen LogP contribution in [0.1, 0.15) is 16.5 Å². The first-order chi connectivity index (χ1) is 6.20. The number of carbonyl (C=O) groups is 1. The monoisotopic (exact) mass is 198 g/mol. The topological polar surface area (TPSA) is 83.0 Å². The number of aromatic nitrogens is 2. The number of aromatic amines is 1. The molecule has 0 aliphatic carbocycles. The number of nitrogens with zero attached hydrogens (tertiary/aromatic N) is 1. The lowest BCUT2D eigenvalue weighted by molar-refractivity contribution is -0.136. The number of H-pyrrole nitrogens is 1. The Morgan fingerprint density at radius 2 is 2.54 bits per heavy atom. The Morgan fingerprint density at radius 3 is 3.23 bits per heavy atom. The van der Waals surface area contributed by atoms with Crippen molar-refractivity contribution in [2.24, 2.45) is 0 Å². The maximum atomic E-state index is 11.3. The predicted octanol–water partition coefficient (Wildman–Crippen LogP) is 0.142. The number of nitrogens with one attached hydrogen (secondary N) is 1. The Kier molecular flexibility index (Phi) is 1.84. The van der Waals surface area contributed by atoms with Crippen LogP contribution in [0.5, 0.6) is 0 Å². The van der Waals surface area contributed by atoms with E-state index in [0.29, 0.717) is 17.0 Å². The maximum absolute atomic E-state index is 11.3. The van der Waals surface area contributed by atoms with Gasteiger partial charge >= 0.3 is 5.97 Å². The summed E-state index contributed by atoms with van der Waals surface area (Å²) in [6, 6.07) is 0. The van der Waals surface area contributed by atoms with Gasteiger partial charge in [0.1, 0.15) is 5.25 Å². The molecule has 0 amide bonds. The molecular formula is C7H6N2O3S. The molecule has 2 N–H and O–H groups in total. The summed E-state index contributed by atoms with van der Waals surface area (Å²) >= 11 is 1.21. The van der Waals surface area contributed by atoms with Crippen molar-refractivity contribution in [1.29, 1.82) is 0 Å². The lowest BCUT2D eigenvalue weighted by Crippen LogP contribution is -2.18. The molecule has 0 bridgehead atoms. The molecule has 1 aliphatic rings. The van der Waals surface area contributed by atoms with Gasteiger partial charge in [0.05, 0.1) is 17.6 Å². The number of thioether (sulfide) groups is 1. The quantitative estimate of drug-likeness (QED) is 0.670. The molecule has 2 heterocycles. The smallest absolute Gasteiger partial charge is 0.321 e. The highest BCUT2D eigenvalue weighted by atomic mass is 32.2. The van der Waals surface area contributed by atoms with Gasteiger partial charge in [-0.2, -0.15) is 0 Å². The van der Waals surface area contributed by atoms with E-state index in [2.05, 4.69) is 9.97 Å². The van der Waals surface area contributed by atoms with Crippen molar-refractivity contribution in [3.63, 3.8) is 0 Å². The van der Waals surface area contributed by atoms with Crippen molar-refractivity contribution < 1.29 is 9.90 Å². The number of hydrogen-bond donors (Lipinski definition) is 2. The fraction of sp³-hybridized carbons (Fsp3) is 0.286. The highest BCUT2D eigenvalue weighted by molar-refractivity contribution is 7.99. The molecule has 1 atom stereocenters. The van der Waals surface area contributed by atoms with E-state index in [-0.39, 0.29) is 5.56 Å². The summed E-state index contributed by atoms with van der Waals surface area (Å²) in [7, 11) is 0. The van der Waals surface area contributed by atoms with Gasteiger partial charge in [0.25, 0.3) is 5.56 Å². The second-order valence-electron chi connectivity index (χ2n) is 2.62. The summed E-state index contributed by atoms with van der Waals surface area (Å²) in [5.74, 6) is -0.488. The van der Waals surface area contributed by atoms with Crippen LogP contribution in [0.3, 0.4) is 0 Å². The summed E-state index contributed by atoms with van der Waals surface area (Å²) < 4.78 is 0. The van der Waals surface area contributed by atoms with Crippen molar-refractivity contribution in [3.05, 3.63) is 27.9 Å². The van der Waals surface area contributed by atoms with Gasteiger partial charge in [0, 0.05) is 5.75 Å². The molecule has 6 heteroatoms. The van der Waals surface area contributed by atoms with E-state index in [1.807, 2.05) is 0 Å². The first kappa shape index (κ1) is 8.31. The minimum absolute atomic E-state index is 0.292. The number of aliphatic carboxylic acids is 1. The average molecular weight is 198 g/mol. The first-order valence-corrected chi connectivity index (χ1v) is 4.66. The normalized spacial score (nSPS) is 19.8. The minimum Gasteiger partial charge on any atom is -0.480 e. The van der Waals surface area contributed by atoms with Crippen molar-refractivity contribution >= 4 is 17.7 Å². The molecule has 2 rings (SSSR count). The zero-order valence-corrected chi connectivity index (χ0v) is 7.30. The average Bonchev–Trinajstić information content (AvgIpc) is 2.49. The highest BCUT2D eigenvalue weighted by Gasteiger charge is 2.32. The summed E-state index contributed by atoms with van der Waals surface area (Å²) in [6.07, 6.45) is 1.30. The Hall–Kier alpha value is -1.30. The lowest BCUT2D eigenvalue weighted by Gasteiger charge is -2.01. The van der Waals surface area contributed by atoms with Gasteiger partial charge in [-0.05, 0) is 0 Å². The van der Waals surface area contributed by atoms with Crippen LogP contribution in [-0.2, 0) is 10.5 Å². The number of carboxylic acid groups (broad SMARTS) is 1. The fourth-order valence-electron chi connectivity index (χ4n) is 1.27. The molecule has 0 aromatic carbocycles. The number of hydrogen-bond acceptors (Lipinski definition) is 4. The summed E-state index contributed by atoms with van der Waals surface area (Å²) in [5.41, 5.74) is 0.531. The Morgan fingerprint density at radius 1 is 1.77 bits per heavy atom. The summed E-state index contributed by atoms with van der Waals surface area (Å²) in [6.45, 7) is 0. The van der Waals surface area contributed by atoms with Crippen molar-refractivity contribution in [3.8, 4) is 0 Å². The highest BCUT2D eigenvalue weighted by Crippen LogP contribution is 2.38. The Balaban J connectivity index is 2.58. The van der Waals surface area contributed by atoms with Gasteiger partial charge in [0.2, 0.25) is 0 Å². The molecule has 1 unspecified atom stereocenters. The second kappa shape index (κ2) is 2.88. The van der Waals surface area contributed by atoms with Gasteiger partial charge in [-0.15, -0.1) is 11.8 Å². The van der Waals surface area contributed by atoms with Crippen LogP contribution in [-0.4, -0.2) is 21.0 Å². The maximum Gasteiger partial charge on any atom is 0.321 e. The van der Waals surface area contributed by atoms with Crippen molar-refractivity contribution in [1.82, 2.24) is 9.97 Å². The van der Waals surface area contributed by atoms with E-state index in [4.69, 9.17) is 5.11 Å². The zero-order chi connectivity index (χ0) is 9.42. The van der Waals surface area contributed by atoms with Gasteiger partial charge in [-0.3, -0.25) is 9.59 Å². The van der Waals surface area contributed by atoms with E-state index in [9.17, 15) is 9.59 Å². The van der Waals surface area contributed by atoms with Crippen LogP contribution in [0.4, 0.5) is 0 Å². The Labute approximate surface area is 77.2 Å². The van der Waals surface area contributed by atoms with Gasteiger partial charge in [0.15, 0.2) is 0 Å². The minimum atomic E-state index is -0.984. The molecule has 1 aromatic rings. The van der Waals surface area contributed by atoms with Crippen LogP contribution in [0.25, 0.3) is 0 Å². The Bertz CT molecular complexity index is 414. The van der Waals surface area contributed by atoms with E-state index >= 15 is 0 Å². The van der Waals surface area contributed by atoms with E-state index < -0.39 is 11.2 Å². The SMILES string of the molecule is O=C(O)C1SCc2nc[nH]c(=O)c21. The summed E-state index contributed by atoms with van der Waals surface area (Å²) in [4.78, 5) is 28.3. The lowest BCUT2D eigenvalue weighted by atomic mass is 10.2. The van der Waals surface area contributed by atoms with Crippen LogP contribution < -0.4 is 5.56 Å². The molecule has 0 saturated heterocycles. The molecule has 0 radical (unpaired) electrons. The number of fused-ring (bicyclic) bond motifs is 1. The first-order valence-electron chi connectivity index (χ1n) is 3.61. The molecule has 68 valence electrons. The molecular weight excluding hydrogens is 192 g/mol. The number of rotatable bonds is 1. The fourth-order valence-corrected chi connectivity index (χ4v) is 2.38. The van der Waals surface area contributed by atoms with Crippen molar-refractivity contribution in [2.75, 3.05) is 0 Å². The van der Waals surface area contributed by atoms with Crippen LogP contribution in [0.15, 0.2) is 11.1 Å². The third kappa shape index (κ3) is 1.23. The van der Waals surface area contributed by atoms with Crippen LogP contribution in [0, 0.1) is 0 Å². The number of carboxylic acids is 1. The van der Waals surface area contributed by atoms with Crippen LogP contribution in [0.2, 0.25) is 0 Å². The van der Waals surface area contributed by atoms with Crippen LogP contribution >= 0.6 is 11.8 Å². The zero-order valence-electron chi connectivity index (χ0n) is 6.48. The van der Waals surface area contributed by atoms with Gasteiger partial charge in [-0.25, -0.2) is 4.98 Å². The van der Waals surface area contributed by atoms with E-state index in [1.165, 1.54) is 18.1 Å². The van der Waals surface area contributed by atoms with E-state index in [0.717, 1.165) is 0 Å². The molecule has 1 aromatic heterocycles. The van der Waals surface area contributed by atoms with E-state index in [1.54, 1.807) is 0 Å². The predicted molar refractivity (Wildman–Crippen MR) is 46.5 cm³/mol. The molecule has 0 saturated carbocycles. The molecule has 13 heavy (non-hydrogen) atoms. The second-order valence-corrected chi connectivity index (χ2v) is 3.71. The third-order valence-corrected chi connectivity index (χ3v) is 3.06. The summed E-state index contributed by atoms with van der Waals surface area (Å²) in [5, 5.41) is 8.03. The molecule has 1 aliphatic heterocycles. The van der Waals surface area contributed by atoms with Gasteiger partial charge < -0.3 is 10.1 Å². The standard InChI is InChI=1S/C7H6N2O3S/c10-6-4-3(8-2-9-6)1-13-5(4)7(11)12/h2,5H,1H2,(H,11,12)(H,8,9,10). The van der Waals surface area contributed by atoms with Gasteiger partial charge in [-0.1, -0.05) is 0 Å².